The van der Waals surface area contributed by atoms with E-state index in [1.807, 2.05) is 52.1 Å². The molecule has 1 aromatic carbocycles. The van der Waals surface area contributed by atoms with Gasteiger partial charge >= 0.3 is 0 Å². The molecule has 0 aliphatic carbocycles. The van der Waals surface area contributed by atoms with Crippen molar-refractivity contribution in [2.45, 2.75) is 18.9 Å². The standard InChI is InChI=1S/C20H19N3O2/c24-19-3-1-2-18-16-8-13(11-23(18)19)10-22(12-16)20(25)15-4-5-17-14(9-15)6-7-21-17/h1-7,9,13,16,21H,8,10-12H2/t13-,16+/m1/s1. The summed E-state index contributed by atoms with van der Waals surface area (Å²) in [6, 6.07) is 13.3. The molecule has 1 amide bonds. The monoisotopic (exact) mass is 333 g/mol. The van der Waals surface area contributed by atoms with Gasteiger partial charge in [-0.15, -0.1) is 0 Å². The Balaban J connectivity index is 1.46. The maximum Gasteiger partial charge on any atom is 0.253 e. The fourth-order valence-electron chi connectivity index (χ4n) is 4.43. The Morgan fingerprint density at radius 2 is 2.00 bits per heavy atom. The van der Waals surface area contributed by atoms with Crippen molar-refractivity contribution >= 4 is 16.8 Å². The van der Waals surface area contributed by atoms with E-state index in [1.54, 1.807) is 6.07 Å². The first-order valence-corrected chi connectivity index (χ1v) is 8.75. The van der Waals surface area contributed by atoms with Crippen LogP contribution in [0.25, 0.3) is 10.9 Å². The van der Waals surface area contributed by atoms with Crippen molar-refractivity contribution in [3.63, 3.8) is 0 Å². The number of pyridine rings is 1. The molecule has 2 aliphatic rings. The highest BCUT2D eigenvalue weighted by atomic mass is 16.2. The average Bonchev–Trinajstić information content (AvgIpc) is 3.09. The molecule has 2 aliphatic heterocycles. The minimum Gasteiger partial charge on any atom is -0.361 e. The van der Waals surface area contributed by atoms with E-state index in [4.69, 9.17) is 0 Å². The Bertz CT molecular complexity index is 1030. The van der Waals surface area contributed by atoms with Crippen LogP contribution >= 0.6 is 0 Å². The second kappa shape index (κ2) is 5.34. The maximum atomic E-state index is 13.0. The van der Waals surface area contributed by atoms with E-state index in [-0.39, 0.29) is 17.4 Å². The van der Waals surface area contributed by atoms with E-state index in [1.165, 1.54) is 0 Å². The number of carbonyl (C=O) groups excluding carboxylic acids is 1. The number of hydrogen-bond donors (Lipinski definition) is 1. The first-order valence-electron chi connectivity index (χ1n) is 8.75. The van der Waals surface area contributed by atoms with Crippen LogP contribution in [0.3, 0.4) is 0 Å². The van der Waals surface area contributed by atoms with E-state index in [9.17, 15) is 9.59 Å². The zero-order valence-corrected chi connectivity index (χ0v) is 13.8. The topological polar surface area (TPSA) is 58.1 Å². The maximum absolute atomic E-state index is 13.0. The third-order valence-electron chi connectivity index (χ3n) is 5.57. The van der Waals surface area contributed by atoms with E-state index in [0.717, 1.165) is 35.1 Å². The van der Waals surface area contributed by atoms with E-state index >= 15 is 0 Å². The number of rotatable bonds is 1. The molecule has 5 rings (SSSR count). The predicted octanol–water partition coefficient (Wildman–Crippen LogP) is 2.59. The number of hydrogen-bond acceptors (Lipinski definition) is 2. The fourth-order valence-corrected chi connectivity index (χ4v) is 4.43. The van der Waals surface area contributed by atoms with Gasteiger partial charge in [0.15, 0.2) is 0 Å². The van der Waals surface area contributed by atoms with Gasteiger partial charge in [-0.2, -0.15) is 0 Å². The highest BCUT2D eigenvalue weighted by Gasteiger charge is 2.36. The number of aromatic nitrogens is 2. The van der Waals surface area contributed by atoms with Crippen molar-refractivity contribution in [1.29, 1.82) is 0 Å². The van der Waals surface area contributed by atoms with E-state index < -0.39 is 0 Å². The number of amides is 1. The van der Waals surface area contributed by atoms with Gasteiger partial charge in [-0.3, -0.25) is 9.59 Å². The second-order valence-electron chi connectivity index (χ2n) is 7.19. The molecule has 2 bridgehead atoms. The van der Waals surface area contributed by atoms with Crippen LogP contribution < -0.4 is 5.56 Å². The molecule has 126 valence electrons. The molecule has 2 atom stereocenters. The summed E-state index contributed by atoms with van der Waals surface area (Å²) >= 11 is 0. The Morgan fingerprint density at radius 3 is 2.92 bits per heavy atom. The normalized spacial score (nSPS) is 22.0. The first kappa shape index (κ1) is 14.5. The smallest absolute Gasteiger partial charge is 0.253 e. The number of benzene rings is 1. The van der Waals surface area contributed by atoms with Crippen molar-refractivity contribution in [2.24, 2.45) is 5.92 Å². The lowest BCUT2D eigenvalue weighted by Crippen LogP contribution is -2.49. The van der Waals surface area contributed by atoms with Gasteiger partial charge in [0.05, 0.1) is 0 Å². The van der Waals surface area contributed by atoms with Crippen molar-refractivity contribution in [3.05, 3.63) is 70.3 Å². The molecule has 0 radical (unpaired) electrons. The van der Waals surface area contributed by atoms with Crippen molar-refractivity contribution in [2.75, 3.05) is 13.1 Å². The van der Waals surface area contributed by atoms with Gasteiger partial charge in [0.2, 0.25) is 0 Å². The molecular formula is C20H19N3O2. The van der Waals surface area contributed by atoms with Crippen LogP contribution in [-0.4, -0.2) is 33.4 Å². The zero-order valence-electron chi connectivity index (χ0n) is 13.8. The number of carbonyl (C=O) groups is 1. The SMILES string of the molecule is O=C(c1ccc2[nH]ccc2c1)N1C[C@H]2C[C@@H](C1)c1cccc(=O)n1C2. The number of aromatic amines is 1. The molecule has 5 nitrogen and oxygen atoms in total. The van der Waals surface area contributed by atoms with Crippen molar-refractivity contribution in [1.82, 2.24) is 14.5 Å². The molecule has 1 fully saturated rings. The summed E-state index contributed by atoms with van der Waals surface area (Å²) in [7, 11) is 0. The molecule has 0 unspecified atom stereocenters. The van der Waals surface area contributed by atoms with Crippen LogP contribution in [0.2, 0.25) is 0 Å². The highest BCUT2D eigenvalue weighted by molar-refractivity contribution is 5.98. The number of H-pyrrole nitrogens is 1. The molecule has 0 spiro atoms. The van der Waals surface area contributed by atoms with Gasteiger partial charge in [0, 0.05) is 60.0 Å². The molecule has 5 heteroatoms. The van der Waals surface area contributed by atoms with Crippen LogP contribution in [0.15, 0.2) is 53.5 Å². The van der Waals surface area contributed by atoms with Crippen LogP contribution in [0.1, 0.15) is 28.4 Å². The van der Waals surface area contributed by atoms with Gasteiger partial charge in [0.1, 0.15) is 0 Å². The number of nitrogens with one attached hydrogen (secondary N) is 1. The third-order valence-corrected chi connectivity index (χ3v) is 5.57. The van der Waals surface area contributed by atoms with E-state index in [2.05, 4.69) is 4.98 Å². The lowest BCUT2D eigenvalue weighted by molar-refractivity contribution is 0.0594. The van der Waals surface area contributed by atoms with Gasteiger partial charge < -0.3 is 14.5 Å². The zero-order chi connectivity index (χ0) is 17.0. The minimum atomic E-state index is 0.0740. The minimum absolute atomic E-state index is 0.0740. The summed E-state index contributed by atoms with van der Waals surface area (Å²) in [6.07, 6.45) is 2.95. The Kier molecular flexibility index (Phi) is 3.10. The van der Waals surface area contributed by atoms with Gasteiger partial charge in [-0.25, -0.2) is 0 Å². The Morgan fingerprint density at radius 1 is 1.08 bits per heavy atom. The quantitative estimate of drug-likeness (QED) is 0.744. The van der Waals surface area contributed by atoms with Crippen molar-refractivity contribution in [3.8, 4) is 0 Å². The van der Waals surface area contributed by atoms with Crippen LogP contribution in [0.4, 0.5) is 0 Å². The predicted molar refractivity (Wildman–Crippen MR) is 95.8 cm³/mol. The number of nitrogens with zero attached hydrogens (tertiary/aromatic N) is 2. The second-order valence-corrected chi connectivity index (χ2v) is 7.19. The molecular weight excluding hydrogens is 314 g/mol. The highest BCUT2D eigenvalue weighted by Crippen LogP contribution is 2.35. The molecule has 0 saturated carbocycles. The average molecular weight is 333 g/mol. The molecule has 1 N–H and O–H groups in total. The Hall–Kier alpha value is -2.82. The molecule has 3 aromatic rings. The lowest BCUT2D eigenvalue weighted by atomic mass is 9.83. The van der Waals surface area contributed by atoms with Crippen LogP contribution in [0, 0.1) is 5.92 Å². The fraction of sp³-hybridized carbons (Fsp3) is 0.300. The third kappa shape index (κ3) is 2.30. The van der Waals surface area contributed by atoms with Crippen molar-refractivity contribution < 1.29 is 4.79 Å². The number of likely N-dealkylation sites (tertiary alicyclic amines) is 1. The summed E-state index contributed by atoms with van der Waals surface area (Å²) in [5.74, 6) is 0.692. The molecule has 25 heavy (non-hydrogen) atoms. The number of fused-ring (bicyclic) bond motifs is 5. The number of piperidine rings is 1. The summed E-state index contributed by atoms with van der Waals surface area (Å²) in [5, 5.41) is 1.06. The van der Waals surface area contributed by atoms with E-state index in [0.29, 0.717) is 19.0 Å². The molecule has 4 heterocycles. The molecule has 2 aromatic heterocycles. The molecule has 1 saturated heterocycles. The Labute approximate surface area is 144 Å². The van der Waals surface area contributed by atoms with Gasteiger partial charge in [-0.05, 0) is 42.7 Å². The largest absolute Gasteiger partial charge is 0.361 e. The first-order chi connectivity index (χ1) is 12.2. The summed E-state index contributed by atoms with van der Waals surface area (Å²) in [4.78, 5) is 30.3. The lowest BCUT2D eigenvalue weighted by Gasteiger charge is -2.42. The van der Waals surface area contributed by atoms with Crippen LogP contribution in [0.5, 0.6) is 0 Å². The van der Waals surface area contributed by atoms with Crippen LogP contribution in [-0.2, 0) is 6.54 Å². The summed E-state index contributed by atoms with van der Waals surface area (Å²) < 4.78 is 1.90. The van der Waals surface area contributed by atoms with Gasteiger partial charge in [-0.1, -0.05) is 6.07 Å². The van der Waals surface area contributed by atoms with Gasteiger partial charge in [0.25, 0.3) is 11.5 Å². The summed E-state index contributed by atoms with van der Waals surface area (Å²) in [5.41, 5.74) is 2.92. The summed E-state index contributed by atoms with van der Waals surface area (Å²) in [6.45, 7) is 2.12.